The Labute approximate surface area is 152 Å². The van der Waals surface area contributed by atoms with Gasteiger partial charge in [0, 0.05) is 18.5 Å². The molecule has 0 bridgehead atoms. The van der Waals surface area contributed by atoms with Crippen molar-refractivity contribution in [3.05, 3.63) is 35.4 Å². The molecule has 0 saturated carbocycles. The van der Waals surface area contributed by atoms with Crippen molar-refractivity contribution in [1.82, 2.24) is 4.90 Å². The summed E-state index contributed by atoms with van der Waals surface area (Å²) >= 11 is 0. The van der Waals surface area contributed by atoms with Crippen LogP contribution in [0, 0.1) is 11.3 Å². The van der Waals surface area contributed by atoms with Crippen LogP contribution >= 0.6 is 0 Å². The number of ether oxygens (including phenoxy) is 1. The molecule has 7 heteroatoms. The summed E-state index contributed by atoms with van der Waals surface area (Å²) in [6.07, 6.45) is -0.409. The summed E-state index contributed by atoms with van der Waals surface area (Å²) in [5, 5.41) is 18.6. The molecule has 2 rings (SSSR count). The first-order valence-electron chi connectivity index (χ1n) is 8.36. The molecule has 0 radical (unpaired) electrons. The van der Waals surface area contributed by atoms with Crippen LogP contribution in [0.25, 0.3) is 0 Å². The number of Topliss-reactive ketones (excluding diaryl/α,β-unsaturated/α-hetero) is 1. The monoisotopic (exact) mass is 358 g/mol. The van der Waals surface area contributed by atoms with Gasteiger partial charge in [-0.2, -0.15) is 5.26 Å². The van der Waals surface area contributed by atoms with Gasteiger partial charge in [0.05, 0.1) is 11.6 Å². The van der Waals surface area contributed by atoms with Crippen molar-refractivity contribution in [1.29, 1.82) is 5.26 Å². The molecule has 1 fully saturated rings. The lowest BCUT2D eigenvalue weighted by atomic mass is 9.88. The number of benzene rings is 1. The molecular formula is C19H22N2O5. The number of amides is 1. The molecule has 1 aliphatic rings. The van der Waals surface area contributed by atoms with Crippen LogP contribution in [0.15, 0.2) is 24.3 Å². The molecular weight excluding hydrogens is 336 g/mol. The van der Waals surface area contributed by atoms with Gasteiger partial charge in [0.1, 0.15) is 5.60 Å². The van der Waals surface area contributed by atoms with Gasteiger partial charge >= 0.3 is 12.1 Å². The Morgan fingerprint density at radius 1 is 1.27 bits per heavy atom. The summed E-state index contributed by atoms with van der Waals surface area (Å²) < 4.78 is 5.32. The van der Waals surface area contributed by atoms with Crippen LogP contribution in [0.2, 0.25) is 0 Å². The molecule has 0 aliphatic carbocycles. The first-order chi connectivity index (χ1) is 12.1. The number of carboxylic acids is 1. The quantitative estimate of drug-likeness (QED) is 0.829. The highest BCUT2D eigenvalue weighted by molar-refractivity contribution is 6.01. The number of carboxylic acid groups (broad SMARTS) is 1. The third-order valence-corrected chi connectivity index (χ3v) is 4.29. The standard InChI is InChI=1S/C19H22N2O5/c1-18(2,3)26-17(25)21-10-4-9-19(21,16(23)24)11-15(22)14-7-5-13(12-20)6-8-14/h5-8H,4,9-11H2,1-3H3,(H,23,24). The number of hydrogen-bond acceptors (Lipinski definition) is 5. The normalized spacial score (nSPS) is 19.7. The lowest BCUT2D eigenvalue weighted by Crippen LogP contribution is -2.55. The fraction of sp³-hybridized carbons (Fsp3) is 0.474. The van der Waals surface area contributed by atoms with Gasteiger partial charge in [0.25, 0.3) is 0 Å². The molecule has 1 heterocycles. The van der Waals surface area contributed by atoms with E-state index in [0.29, 0.717) is 17.5 Å². The first-order valence-corrected chi connectivity index (χ1v) is 8.36. The number of hydrogen-bond donors (Lipinski definition) is 1. The summed E-state index contributed by atoms with van der Waals surface area (Å²) in [6, 6.07) is 7.94. The Kier molecular flexibility index (Phi) is 5.36. The van der Waals surface area contributed by atoms with Gasteiger partial charge in [-0.25, -0.2) is 9.59 Å². The van der Waals surface area contributed by atoms with Crippen LogP contribution in [0.3, 0.4) is 0 Å². The molecule has 1 aromatic rings. The van der Waals surface area contributed by atoms with E-state index in [1.807, 2.05) is 6.07 Å². The van der Waals surface area contributed by atoms with E-state index in [2.05, 4.69) is 0 Å². The molecule has 138 valence electrons. The number of carbonyl (C=O) groups is 3. The van der Waals surface area contributed by atoms with Crippen LogP contribution in [0.1, 0.15) is 56.0 Å². The van der Waals surface area contributed by atoms with Crippen LogP contribution in [0.5, 0.6) is 0 Å². The third kappa shape index (κ3) is 4.02. The number of rotatable bonds is 4. The Balaban J connectivity index is 2.27. The van der Waals surface area contributed by atoms with Gasteiger partial charge in [0.15, 0.2) is 11.3 Å². The summed E-state index contributed by atoms with van der Waals surface area (Å²) in [5.74, 6) is -1.62. The topological polar surface area (TPSA) is 108 Å². The third-order valence-electron chi connectivity index (χ3n) is 4.29. The van der Waals surface area contributed by atoms with Gasteiger partial charge in [0.2, 0.25) is 0 Å². The first kappa shape index (κ1) is 19.4. The van der Waals surface area contributed by atoms with E-state index in [0.717, 1.165) is 4.90 Å². The highest BCUT2D eigenvalue weighted by atomic mass is 16.6. The zero-order chi connectivity index (χ0) is 19.5. The average Bonchev–Trinajstić information content (AvgIpc) is 2.98. The van der Waals surface area contributed by atoms with Gasteiger partial charge in [-0.1, -0.05) is 12.1 Å². The highest BCUT2D eigenvalue weighted by Crippen LogP contribution is 2.35. The smallest absolute Gasteiger partial charge is 0.411 e. The highest BCUT2D eigenvalue weighted by Gasteiger charge is 2.52. The van der Waals surface area contributed by atoms with E-state index < -0.39 is 29.0 Å². The second-order valence-corrected chi connectivity index (χ2v) is 7.36. The zero-order valence-corrected chi connectivity index (χ0v) is 15.1. The SMILES string of the molecule is CC(C)(C)OC(=O)N1CCCC1(CC(=O)c1ccc(C#N)cc1)C(=O)O. The van der Waals surface area contributed by atoms with Gasteiger partial charge in [-0.3, -0.25) is 9.69 Å². The van der Waals surface area contributed by atoms with Crippen molar-refractivity contribution in [2.24, 2.45) is 0 Å². The molecule has 0 aromatic heterocycles. The number of carbonyl (C=O) groups excluding carboxylic acids is 2. The van der Waals surface area contributed by atoms with Crippen LogP contribution in [-0.4, -0.2) is 45.5 Å². The van der Waals surface area contributed by atoms with E-state index in [9.17, 15) is 19.5 Å². The average molecular weight is 358 g/mol. The Morgan fingerprint density at radius 3 is 2.38 bits per heavy atom. The van der Waals surface area contributed by atoms with Gasteiger partial charge in [-0.15, -0.1) is 0 Å². The fourth-order valence-electron chi connectivity index (χ4n) is 3.04. The van der Waals surface area contributed by atoms with E-state index in [1.165, 1.54) is 24.3 Å². The summed E-state index contributed by atoms with van der Waals surface area (Å²) in [6.45, 7) is 5.32. The minimum Gasteiger partial charge on any atom is -0.479 e. The lowest BCUT2D eigenvalue weighted by molar-refractivity contribution is -0.149. The molecule has 7 nitrogen and oxygen atoms in total. The molecule has 1 aliphatic heterocycles. The zero-order valence-electron chi connectivity index (χ0n) is 15.1. The summed E-state index contributed by atoms with van der Waals surface area (Å²) in [7, 11) is 0. The predicted octanol–water partition coefficient (Wildman–Crippen LogP) is 2.99. The fourth-order valence-corrected chi connectivity index (χ4v) is 3.04. The van der Waals surface area contributed by atoms with Crippen molar-refractivity contribution in [2.45, 2.75) is 51.2 Å². The molecule has 1 saturated heterocycles. The number of ketones is 1. The second kappa shape index (κ2) is 7.16. The second-order valence-electron chi connectivity index (χ2n) is 7.36. The van der Waals surface area contributed by atoms with Crippen molar-refractivity contribution in [3.8, 4) is 6.07 Å². The molecule has 1 atom stereocenters. The van der Waals surface area contributed by atoms with Crippen molar-refractivity contribution < 1.29 is 24.2 Å². The van der Waals surface area contributed by atoms with Crippen LogP contribution in [-0.2, 0) is 9.53 Å². The maximum atomic E-state index is 12.6. The largest absolute Gasteiger partial charge is 0.479 e. The van der Waals surface area contributed by atoms with E-state index in [4.69, 9.17) is 10.00 Å². The molecule has 26 heavy (non-hydrogen) atoms. The molecule has 1 N–H and O–H groups in total. The predicted molar refractivity (Wildman–Crippen MR) is 92.6 cm³/mol. The van der Waals surface area contributed by atoms with Gasteiger partial charge in [-0.05, 0) is 45.7 Å². The van der Waals surface area contributed by atoms with Crippen molar-refractivity contribution in [3.63, 3.8) is 0 Å². The summed E-state index contributed by atoms with van der Waals surface area (Å²) in [4.78, 5) is 38.3. The van der Waals surface area contributed by atoms with E-state index in [1.54, 1.807) is 20.8 Å². The van der Waals surface area contributed by atoms with Gasteiger partial charge < -0.3 is 9.84 Å². The molecule has 1 unspecified atom stereocenters. The lowest BCUT2D eigenvalue weighted by Gasteiger charge is -2.35. The molecule has 1 amide bonds. The van der Waals surface area contributed by atoms with E-state index >= 15 is 0 Å². The van der Waals surface area contributed by atoms with Crippen molar-refractivity contribution in [2.75, 3.05) is 6.54 Å². The van der Waals surface area contributed by atoms with E-state index in [-0.39, 0.29) is 19.4 Å². The number of aliphatic carboxylic acids is 1. The summed E-state index contributed by atoms with van der Waals surface area (Å²) in [5.41, 5.74) is -1.67. The minimum absolute atomic E-state index is 0.184. The Morgan fingerprint density at radius 2 is 1.88 bits per heavy atom. The number of nitriles is 1. The Hall–Kier alpha value is -2.88. The van der Waals surface area contributed by atoms with Crippen LogP contribution < -0.4 is 0 Å². The number of likely N-dealkylation sites (tertiary alicyclic amines) is 1. The molecule has 0 spiro atoms. The molecule has 1 aromatic carbocycles. The maximum absolute atomic E-state index is 12.6. The van der Waals surface area contributed by atoms with Crippen LogP contribution in [0.4, 0.5) is 4.79 Å². The number of nitrogens with zero attached hydrogens (tertiary/aromatic N) is 2. The Bertz CT molecular complexity index is 758. The maximum Gasteiger partial charge on any atom is 0.411 e. The minimum atomic E-state index is -1.62. The van der Waals surface area contributed by atoms with Crippen molar-refractivity contribution >= 4 is 17.8 Å².